The van der Waals surface area contributed by atoms with Gasteiger partial charge in [-0.25, -0.2) is 0 Å². The van der Waals surface area contributed by atoms with Crippen LogP contribution in [0.25, 0.3) is 0 Å². The van der Waals surface area contributed by atoms with E-state index in [4.69, 9.17) is 4.74 Å². The number of carbonyl (C=O) groups excluding carboxylic acids is 1. The minimum Gasteiger partial charge on any atom is -0.379 e. The summed E-state index contributed by atoms with van der Waals surface area (Å²) >= 11 is 0. The molecule has 18 heavy (non-hydrogen) atoms. The molecule has 2 aliphatic rings. The van der Waals surface area contributed by atoms with Gasteiger partial charge in [-0.3, -0.25) is 9.69 Å². The Kier molecular flexibility index (Phi) is 4.97. The number of ether oxygens (including phenoxy) is 1. The first-order valence-corrected chi connectivity index (χ1v) is 7.02. The van der Waals surface area contributed by atoms with E-state index >= 15 is 0 Å². The fourth-order valence-electron chi connectivity index (χ4n) is 2.62. The van der Waals surface area contributed by atoms with Crippen molar-refractivity contribution in [3.05, 3.63) is 0 Å². The number of hydrogen-bond acceptors (Lipinski definition) is 4. The van der Waals surface area contributed by atoms with Crippen molar-refractivity contribution in [1.29, 1.82) is 0 Å². The lowest BCUT2D eigenvalue weighted by molar-refractivity contribution is -0.134. The Morgan fingerprint density at radius 1 is 1.28 bits per heavy atom. The zero-order valence-electron chi connectivity index (χ0n) is 11.5. The summed E-state index contributed by atoms with van der Waals surface area (Å²) < 4.78 is 5.34. The molecule has 0 radical (unpaired) electrons. The standard InChI is InChI=1S/C13H25N3O2/c1-11-3-4-14-12(2)13(17)16(11)6-5-15-7-9-18-10-8-15/h11-12,14H,3-10H2,1-2H3. The number of morpholine rings is 1. The predicted octanol–water partition coefficient (Wildman–Crippen LogP) is -0.0825. The average Bonchev–Trinajstić information content (AvgIpc) is 2.50. The second-order valence-corrected chi connectivity index (χ2v) is 5.30. The van der Waals surface area contributed by atoms with Crippen LogP contribution in [0.4, 0.5) is 0 Å². The van der Waals surface area contributed by atoms with Gasteiger partial charge in [-0.05, 0) is 26.8 Å². The second-order valence-electron chi connectivity index (χ2n) is 5.30. The minimum absolute atomic E-state index is 0.0420. The van der Waals surface area contributed by atoms with Gasteiger partial charge >= 0.3 is 0 Å². The summed E-state index contributed by atoms with van der Waals surface area (Å²) in [6.45, 7) is 10.5. The van der Waals surface area contributed by atoms with Gasteiger partial charge < -0.3 is 15.0 Å². The van der Waals surface area contributed by atoms with Crippen LogP contribution in [0.3, 0.4) is 0 Å². The number of amides is 1. The summed E-state index contributed by atoms with van der Waals surface area (Å²) in [5.74, 6) is 0.244. The quantitative estimate of drug-likeness (QED) is 0.766. The van der Waals surface area contributed by atoms with Crippen LogP contribution in [-0.2, 0) is 9.53 Å². The summed E-state index contributed by atoms with van der Waals surface area (Å²) in [6, 6.07) is 0.302. The van der Waals surface area contributed by atoms with E-state index in [1.807, 2.05) is 11.8 Å². The highest BCUT2D eigenvalue weighted by molar-refractivity contribution is 5.82. The third-order valence-corrected chi connectivity index (χ3v) is 3.96. The Morgan fingerprint density at radius 3 is 2.72 bits per heavy atom. The molecule has 2 rings (SSSR count). The molecule has 0 saturated carbocycles. The molecule has 1 N–H and O–H groups in total. The molecule has 5 nitrogen and oxygen atoms in total. The van der Waals surface area contributed by atoms with Gasteiger partial charge in [0.2, 0.25) is 5.91 Å². The maximum atomic E-state index is 12.2. The van der Waals surface area contributed by atoms with E-state index < -0.39 is 0 Å². The van der Waals surface area contributed by atoms with Gasteiger partial charge in [0.25, 0.3) is 0 Å². The zero-order valence-corrected chi connectivity index (χ0v) is 11.5. The maximum absolute atomic E-state index is 12.2. The van der Waals surface area contributed by atoms with Crippen LogP contribution in [0.15, 0.2) is 0 Å². The van der Waals surface area contributed by atoms with E-state index in [1.165, 1.54) is 0 Å². The highest BCUT2D eigenvalue weighted by atomic mass is 16.5. The van der Waals surface area contributed by atoms with Gasteiger partial charge in [0.05, 0.1) is 19.3 Å². The molecule has 0 aliphatic carbocycles. The second kappa shape index (κ2) is 6.50. The van der Waals surface area contributed by atoms with Crippen molar-refractivity contribution in [3.63, 3.8) is 0 Å². The van der Waals surface area contributed by atoms with E-state index in [-0.39, 0.29) is 11.9 Å². The van der Waals surface area contributed by atoms with E-state index in [0.717, 1.165) is 52.4 Å². The van der Waals surface area contributed by atoms with Crippen molar-refractivity contribution >= 4 is 5.91 Å². The van der Waals surface area contributed by atoms with E-state index in [0.29, 0.717) is 6.04 Å². The Hall–Kier alpha value is -0.650. The van der Waals surface area contributed by atoms with Crippen LogP contribution in [0.2, 0.25) is 0 Å². The topological polar surface area (TPSA) is 44.8 Å². The third kappa shape index (κ3) is 3.43. The fraction of sp³-hybridized carbons (Fsp3) is 0.923. The van der Waals surface area contributed by atoms with Gasteiger partial charge in [-0.15, -0.1) is 0 Å². The molecule has 0 bridgehead atoms. The number of rotatable bonds is 3. The fourth-order valence-corrected chi connectivity index (χ4v) is 2.62. The molecule has 5 heteroatoms. The number of hydrogen-bond donors (Lipinski definition) is 1. The molecule has 0 aromatic rings. The molecule has 2 saturated heterocycles. The molecule has 2 fully saturated rings. The molecular formula is C13H25N3O2. The van der Waals surface area contributed by atoms with Crippen molar-refractivity contribution in [2.24, 2.45) is 0 Å². The zero-order chi connectivity index (χ0) is 13.0. The lowest BCUT2D eigenvalue weighted by atomic mass is 10.2. The highest BCUT2D eigenvalue weighted by Crippen LogP contribution is 2.10. The summed E-state index contributed by atoms with van der Waals surface area (Å²) in [7, 11) is 0. The molecule has 0 aromatic carbocycles. The van der Waals surface area contributed by atoms with Crippen LogP contribution < -0.4 is 5.32 Å². The van der Waals surface area contributed by atoms with Crippen LogP contribution in [0.1, 0.15) is 20.3 Å². The molecule has 0 spiro atoms. The molecule has 2 heterocycles. The monoisotopic (exact) mass is 255 g/mol. The van der Waals surface area contributed by atoms with Crippen LogP contribution in [-0.4, -0.2) is 73.7 Å². The predicted molar refractivity (Wildman–Crippen MR) is 70.5 cm³/mol. The van der Waals surface area contributed by atoms with Gasteiger partial charge in [-0.1, -0.05) is 0 Å². The van der Waals surface area contributed by atoms with Gasteiger partial charge in [0.15, 0.2) is 0 Å². The van der Waals surface area contributed by atoms with E-state index in [2.05, 4.69) is 17.1 Å². The van der Waals surface area contributed by atoms with Crippen LogP contribution >= 0.6 is 0 Å². The number of nitrogens with zero attached hydrogens (tertiary/aromatic N) is 2. The molecule has 104 valence electrons. The Morgan fingerprint density at radius 2 is 2.00 bits per heavy atom. The Bertz CT molecular complexity index is 279. The van der Waals surface area contributed by atoms with Crippen molar-refractivity contribution in [1.82, 2.24) is 15.1 Å². The molecule has 0 aromatic heterocycles. The maximum Gasteiger partial charge on any atom is 0.239 e. The summed E-state index contributed by atoms with van der Waals surface area (Å²) in [4.78, 5) is 16.7. The number of nitrogens with one attached hydrogen (secondary N) is 1. The van der Waals surface area contributed by atoms with Crippen LogP contribution in [0.5, 0.6) is 0 Å². The van der Waals surface area contributed by atoms with Crippen molar-refractivity contribution in [2.75, 3.05) is 45.9 Å². The first kappa shape index (κ1) is 13.8. The van der Waals surface area contributed by atoms with E-state index in [9.17, 15) is 4.79 Å². The van der Waals surface area contributed by atoms with Crippen molar-refractivity contribution in [2.45, 2.75) is 32.4 Å². The molecular weight excluding hydrogens is 230 g/mol. The minimum atomic E-state index is -0.0420. The van der Waals surface area contributed by atoms with Gasteiger partial charge in [0.1, 0.15) is 0 Å². The smallest absolute Gasteiger partial charge is 0.239 e. The first-order valence-electron chi connectivity index (χ1n) is 7.02. The van der Waals surface area contributed by atoms with Gasteiger partial charge in [0, 0.05) is 32.2 Å². The largest absolute Gasteiger partial charge is 0.379 e. The van der Waals surface area contributed by atoms with Crippen LogP contribution in [0, 0.1) is 0 Å². The highest BCUT2D eigenvalue weighted by Gasteiger charge is 2.27. The summed E-state index contributed by atoms with van der Waals surface area (Å²) in [6.07, 6.45) is 1.04. The molecule has 2 aliphatic heterocycles. The molecule has 2 unspecified atom stereocenters. The third-order valence-electron chi connectivity index (χ3n) is 3.96. The summed E-state index contributed by atoms with van der Waals surface area (Å²) in [5.41, 5.74) is 0. The SMILES string of the molecule is CC1NCCC(C)N(CCN2CCOCC2)C1=O. The summed E-state index contributed by atoms with van der Waals surface area (Å²) in [5, 5.41) is 3.27. The normalized spacial score (nSPS) is 31.4. The first-order chi connectivity index (χ1) is 8.68. The molecule has 1 amide bonds. The number of carbonyl (C=O) groups is 1. The van der Waals surface area contributed by atoms with Crippen molar-refractivity contribution < 1.29 is 9.53 Å². The average molecular weight is 255 g/mol. The van der Waals surface area contributed by atoms with Crippen molar-refractivity contribution in [3.8, 4) is 0 Å². The molecule has 2 atom stereocenters. The van der Waals surface area contributed by atoms with E-state index in [1.54, 1.807) is 0 Å². The lowest BCUT2D eigenvalue weighted by Crippen LogP contribution is -2.48. The lowest BCUT2D eigenvalue weighted by Gasteiger charge is -2.32. The Balaban J connectivity index is 1.86. The Labute approximate surface area is 109 Å². The van der Waals surface area contributed by atoms with Gasteiger partial charge in [-0.2, -0.15) is 0 Å².